The number of imide groups is 1. The molecule has 8 nitrogen and oxygen atoms in total. The molecule has 3 aromatic carbocycles. The molecule has 0 spiro atoms. The van der Waals surface area contributed by atoms with Crippen molar-refractivity contribution in [2.45, 2.75) is 32.2 Å². The van der Waals surface area contributed by atoms with Gasteiger partial charge in [0.15, 0.2) is 12.4 Å². The summed E-state index contributed by atoms with van der Waals surface area (Å²) in [6.45, 7) is 1.36. The molecule has 3 aromatic rings. The Balaban J connectivity index is 1.38. The molecule has 0 bridgehead atoms. The van der Waals surface area contributed by atoms with Gasteiger partial charge in [0.1, 0.15) is 11.8 Å². The van der Waals surface area contributed by atoms with Crippen LogP contribution < -0.4 is 4.74 Å². The molecule has 0 radical (unpaired) electrons. The summed E-state index contributed by atoms with van der Waals surface area (Å²) in [4.78, 5) is 64.6. The minimum atomic E-state index is -1.13. The Labute approximate surface area is 227 Å². The van der Waals surface area contributed by atoms with Gasteiger partial charge in [-0.25, -0.2) is 9.59 Å². The molecule has 1 aliphatic rings. The number of nitrogens with zero attached hydrogens (tertiary/aromatic N) is 1. The fraction of sp³-hybridized carbons (Fsp3) is 0.207. The first-order chi connectivity index (χ1) is 18.3. The van der Waals surface area contributed by atoms with Crippen molar-refractivity contribution in [3.8, 4) is 5.75 Å². The number of benzene rings is 3. The molecule has 1 atom stereocenters. The average molecular weight is 578 g/mol. The number of hydrogen-bond donors (Lipinski definition) is 0. The van der Waals surface area contributed by atoms with Crippen LogP contribution >= 0.6 is 15.9 Å². The van der Waals surface area contributed by atoms with Crippen molar-refractivity contribution in [1.82, 2.24) is 4.90 Å². The Morgan fingerprint density at radius 1 is 0.842 bits per heavy atom. The van der Waals surface area contributed by atoms with E-state index in [1.54, 1.807) is 48.5 Å². The second-order valence-corrected chi connectivity index (χ2v) is 9.55. The summed E-state index contributed by atoms with van der Waals surface area (Å²) >= 11 is 3.30. The number of hydrogen-bond acceptors (Lipinski definition) is 7. The van der Waals surface area contributed by atoms with E-state index in [-0.39, 0.29) is 28.9 Å². The summed E-state index contributed by atoms with van der Waals surface area (Å²) in [6.07, 6.45) is 1.56. The lowest BCUT2D eigenvalue weighted by Gasteiger charge is -2.24. The van der Waals surface area contributed by atoms with Gasteiger partial charge >= 0.3 is 11.9 Å². The van der Waals surface area contributed by atoms with Crippen molar-refractivity contribution in [1.29, 1.82) is 0 Å². The van der Waals surface area contributed by atoms with Crippen LogP contribution in [0.4, 0.5) is 0 Å². The molecule has 9 heteroatoms. The summed E-state index contributed by atoms with van der Waals surface area (Å²) in [5, 5.41) is 0. The standard InChI is InChI=1S/C29H24BrNO7/c1-2-3-8-24(31-26(33)22-6-4-5-7-23(22)27(31)34)29(36)37-17-25(32)18-11-15-21(16-12-18)38-28(35)19-9-13-20(30)14-10-19/h4-7,9-16,24H,2-3,8,17H2,1H3. The van der Waals surface area contributed by atoms with E-state index >= 15 is 0 Å². The number of esters is 2. The zero-order valence-electron chi connectivity index (χ0n) is 20.5. The molecule has 1 aliphatic heterocycles. The van der Waals surface area contributed by atoms with Gasteiger partial charge < -0.3 is 9.47 Å². The first kappa shape index (κ1) is 26.9. The lowest BCUT2D eigenvalue weighted by Crippen LogP contribution is -2.46. The molecule has 4 rings (SSSR count). The highest BCUT2D eigenvalue weighted by molar-refractivity contribution is 9.10. The molecule has 38 heavy (non-hydrogen) atoms. The zero-order valence-corrected chi connectivity index (χ0v) is 22.1. The zero-order chi connectivity index (χ0) is 27.2. The molecule has 0 aromatic heterocycles. The minimum absolute atomic E-state index is 0.230. The largest absolute Gasteiger partial charge is 0.456 e. The first-order valence-corrected chi connectivity index (χ1v) is 12.8. The van der Waals surface area contributed by atoms with Crippen molar-refractivity contribution in [2.24, 2.45) is 0 Å². The highest BCUT2D eigenvalue weighted by Gasteiger charge is 2.43. The molecule has 1 unspecified atom stereocenters. The number of carbonyl (C=O) groups is 5. The predicted molar refractivity (Wildman–Crippen MR) is 141 cm³/mol. The maximum Gasteiger partial charge on any atom is 0.343 e. The Bertz CT molecular complexity index is 1350. The summed E-state index contributed by atoms with van der Waals surface area (Å²) in [5.74, 6) is -2.71. The number of halogens is 1. The topological polar surface area (TPSA) is 107 Å². The van der Waals surface area contributed by atoms with Crippen molar-refractivity contribution in [3.05, 3.63) is 99.5 Å². The van der Waals surface area contributed by atoms with Crippen molar-refractivity contribution in [3.63, 3.8) is 0 Å². The number of fused-ring (bicyclic) bond motifs is 1. The smallest absolute Gasteiger partial charge is 0.343 e. The average Bonchev–Trinajstić information content (AvgIpc) is 3.18. The Hall–Kier alpha value is -4.11. The molecule has 0 saturated carbocycles. The fourth-order valence-corrected chi connectivity index (χ4v) is 4.28. The summed E-state index contributed by atoms with van der Waals surface area (Å²) in [7, 11) is 0. The van der Waals surface area contributed by atoms with E-state index in [0.29, 0.717) is 12.0 Å². The fourth-order valence-electron chi connectivity index (χ4n) is 4.02. The van der Waals surface area contributed by atoms with Gasteiger partial charge in [0.05, 0.1) is 16.7 Å². The Kier molecular flexibility index (Phi) is 8.48. The van der Waals surface area contributed by atoms with Gasteiger partial charge in [-0.15, -0.1) is 0 Å². The normalized spacial score (nSPS) is 13.2. The van der Waals surface area contributed by atoms with Gasteiger partial charge in [0, 0.05) is 10.0 Å². The van der Waals surface area contributed by atoms with E-state index < -0.39 is 42.2 Å². The number of rotatable bonds is 10. The highest BCUT2D eigenvalue weighted by Crippen LogP contribution is 2.27. The molecule has 0 fully saturated rings. The maximum absolute atomic E-state index is 13.0. The van der Waals surface area contributed by atoms with Crippen molar-refractivity contribution < 1.29 is 33.4 Å². The molecule has 1 heterocycles. The molecule has 0 aliphatic carbocycles. The molecular weight excluding hydrogens is 554 g/mol. The van der Waals surface area contributed by atoms with Gasteiger partial charge in [-0.3, -0.25) is 19.3 Å². The Morgan fingerprint density at radius 2 is 1.42 bits per heavy atom. The molecule has 2 amide bonds. The van der Waals surface area contributed by atoms with Crippen LogP contribution in [0.5, 0.6) is 5.75 Å². The number of carbonyl (C=O) groups excluding carboxylic acids is 5. The Morgan fingerprint density at radius 3 is 2.00 bits per heavy atom. The number of Topliss-reactive ketones (excluding diaryl/α,β-unsaturated/α-hetero) is 1. The number of unbranched alkanes of at least 4 members (excludes halogenated alkanes) is 1. The second kappa shape index (κ2) is 12.0. The van der Waals surface area contributed by atoms with E-state index in [1.807, 2.05) is 6.92 Å². The van der Waals surface area contributed by atoms with Crippen molar-refractivity contribution >= 4 is 45.5 Å². The number of amides is 2. The van der Waals surface area contributed by atoms with Crippen LogP contribution in [0, 0.1) is 0 Å². The summed E-state index contributed by atoms with van der Waals surface area (Å²) < 4.78 is 11.4. The second-order valence-electron chi connectivity index (χ2n) is 8.64. The van der Waals surface area contributed by atoms with Crippen LogP contribution in [0.3, 0.4) is 0 Å². The lowest BCUT2D eigenvalue weighted by atomic mass is 10.1. The predicted octanol–water partition coefficient (Wildman–Crippen LogP) is 5.25. The number of ether oxygens (including phenoxy) is 2. The summed E-state index contributed by atoms with van der Waals surface area (Å²) in [5.41, 5.74) is 1.09. The van der Waals surface area contributed by atoms with Gasteiger partial charge in [-0.1, -0.05) is 47.8 Å². The third-order valence-corrected chi connectivity index (χ3v) is 6.58. The molecular formula is C29H24BrNO7. The van der Waals surface area contributed by atoms with Crippen LogP contribution in [-0.2, 0) is 9.53 Å². The van der Waals surface area contributed by atoms with Crippen molar-refractivity contribution in [2.75, 3.05) is 6.61 Å². The third kappa shape index (κ3) is 5.89. The first-order valence-electron chi connectivity index (χ1n) is 12.0. The highest BCUT2D eigenvalue weighted by atomic mass is 79.9. The van der Waals surface area contributed by atoms with E-state index in [4.69, 9.17) is 9.47 Å². The quantitative estimate of drug-likeness (QED) is 0.140. The van der Waals surface area contributed by atoms with E-state index in [2.05, 4.69) is 15.9 Å². The van der Waals surface area contributed by atoms with Gasteiger partial charge in [0.25, 0.3) is 11.8 Å². The maximum atomic E-state index is 13.0. The van der Waals surface area contributed by atoms with Crippen LogP contribution in [0.15, 0.2) is 77.3 Å². The third-order valence-electron chi connectivity index (χ3n) is 6.05. The monoisotopic (exact) mass is 577 g/mol. The van der Waals surface area contributed by atoms with E-state index in [9.17, 15) is 24.0 Å². The number of ketones is 1. The van der Waals surface area contributed by atoms with Gasteiger partial charge in [-0.05, 0) is 67.1 Å². The lowest BCUT2D eigenvalue weighted by molar-refractivity contribution is -0.147. The summed E-state index contributed by atoms with van der Waals surface area (Å²) in [6, 6.07) is 17.8. The van der Waals surface area contributed by atoms with Crippen LogP contribution in [-0.4, -0.2) is 47.1 Å². The van der Waals surface area contributed by atoms with Gasteiger partial charge in [-0.2, -0.15) is 0 Å². The minimum Gasteiger partial charge on any atom is -0.456 e. The SMILES string of the molecule is CCCCC(C(=O)OCC(=O)c1ccc(OC(=O)c2ccc(Br)cc2)cc1)N1C(=O)c2ccccc2C1=O. The van der Waals surface area contributed by atoms with Crippen LogP contribution in [0.1, 0.15) is 67.6 Å². The van der Waals surface area contributed by atoms with E-state index in [0.717, 1.165) is 15.8 Å². The van der Waals surface area contributed by atoms with Crippen LogP contribution in [0.2, 0.25) is 0 Å². The van der Waals surface area contributed by atoms with Gasteiger partial charge in [0.2, 0.25) is 0 Å². The molecule has 194 valence electrons. The van der Waals surface area contributed by atoms with E-state index in [1.165, 1.54) is 24.3 Å². The molecule has 0 N–H and O–H groups in total. The molecule has 0 saturated heterocycles. The van der Waals surface area contributed by atoms with Crippen LogP contribution in [0.25, 0.3) is 0 Å².